The normalized spacial score (nSPS) is 14.0. The van der Waals surface area contributed by atoms with E-state index in [4.69, 9.17) is 0 Å². The average molecular weight is 762 g/mol. The molecule has 1 fully saturated rings. The minimum absolute atomic E-state index is 0.180. The smallest absolute Gasteiger partial charge is 0.335 e. The largest absolute Gasteiger partial charge is 0.480 e. The monoisotopic (exact) mass is 761 g/mol. The van der Waals surface area contributed by atoms with Gasteiger partial charge in [-0.15, -0.1) is 0 Å². The number of halogens is 2. The molecule has 2 amide bonds. The molecule has 1 saturated heterocycles. The molecule has 3 heterocycles. The van der Waals surface area contributed by atoms with E-state index in [1.807, 2.05) is 4.72 Å². The number of aryl methyl sites for hydroxylation is 1. The molecule has 54 heavy (non-hydrogen) atoms. The van der Waals surface area contributed by atoms with Gasteiger partial charge in [0.1, 0.15) is 17.7 Å². The number of piperidine rings is 1. The zero-order valence-corrected chi connectivity index (χ0v) is 29.3. The van der Waals surface area contributed by atoms with Gasteiger partial charge in [0.25, 0.3) is 21.5 Å². The van der Waals surface area contributed by atoms with E-state index in [-0.39, 0.29) is 34.2 Å². The Hall–Kier alpha value is -6.27. The summed E-state index contributed by atoms with van der Waals surface area (Å²) in [6.45, 7) is 1.43. The minimum atomic E-state index is -4.45. The second-order valence-corrected chi connectivity index (χ2v) is 14.2. The Labute approximate surface area is 305 Å². The first-order valence-corrected chi connectivity index (χ1v) is 18.0. The molecule has 0 aliphatic carbocycles. The van der Waals surface area contributed by atoms with Crippen LogP contribution < -0.4 is 31.9 Å². The van der Waals surface area contributed by atoms with E-state index in [1.54, 1.807) is 0 Å². The average Bonchev–Trinajstić information content (AvgIpc) is 3.16. The number of rotatable bonds is 11. The fourth-order valence-corrected chi connectivity index (χ4v) is 7.08. The van der Waals surface area contributed by atoms with Crippen LogP contribution in [0.3, 0.4) is 0 Å². The third kappa shape index (κ3) is 7.88. The van der Waals surface area contributed by atoms with Crippen LogP contribution in [0, 0.1) is 17.6 Å². The number of carboxylic acid groups (broad SMARTS) is 1. The number of nitrogens with one attached hydrogen (secondary N) is 4. The van der Waals surface area contributed by atoms with E-state index in [2.05, 4.69) is 20.9 Å². The van der Waals surface area contributed by atoms with Gasteiger partial charge in [0.15, 0.2) is 0 Å². The first-order valence-electron chi connectivity index (χ1n) is 16.6. The molecule has 3 aromatic carbocycles. The number of hydrogen-bond acceptors (Lipinski definition) is 9. The second kappa shape index (κ2) is 15.4. The van der Waals surface area contributed by atoms with Gasteiger partial charge in [0.2, 0.25) is 5.91 Å². The SMILES string of the molecule is Cn1c(=O)n(-c2ccc(CC(NC(=O)c3cc(F)c(NS(=O)(=O)c4ccc(NC(=O)C5CCNCC5)cc4)cc3F)C(=O)O)cc2)c(=O)c2ccncc21. The number of carbonyl (C=O) groups is 3. The zero-order valence-electron chi connectivity index (χ0n) is 28.5. The van der Waals surface area contributed by atoms with Crippen molar-refractivity contribution in [1.82, 2.24) is 24.8 Å². The van der Waals surface area contributed by atoms with Crippen LogP contribution in [0.25, 0.3) is 16.6 Å². The number of hydrogen-bond donors (Lipinski definition) is 5. The number of amides is 2. The molecule has 5 aromatic rings. The van der Waals surface area contributed by atoms with Crippen LogP contribution in [-0.2, 0) is 33.1 Å². The summed E-state index contributed by atoms with van der Waals surface area (Å²) in [4.78, 5) is 67.2. The highest BCUT2D eigenvalue weighted by Crippen LogP contribution is 2.25. The highest BCUT2D eigenvalue weighted by molar-refractivity contribution is 7.92. The molecule has 0 saturated carbocycles. The summed E-state index contributed by atoms with van der Waals surface area (Å²) in [6, 6.07) is 11.6. The van der Waals surface area contributed by atoms with Crippen molar-refractivity contribution >= 4 is 50.1 Å². The van der Waals surface area contributed by atoms with Gasteiger partial charge >= 0.3 is 11.7 Å². The van der Waals surface area contributed by atoms with Crippen LogP contribution in [0.4, 0.5) is 20.2 Å². The molecule has 6 rings (SSSR count). The summed E-state index contributed by atoms with van der Waals surface area (Å²) in [5, 5.41) is 18.1. The van der Waals surface area contributed by atoms with Gasteiger partial charge in [0, 0.05) is 37.3 Å². The molecular formula is C36H33F2N7O8S. The highest BCUT2D eigenvalue weighted by Gasteiger charge is 2.26. The molecular weight excluding hydrogens is 728 g/mol. The summed E-state index contributed by atoms with van der Waals surface area (Å²) in [7, 11) is -2.97. The van der Waals surface area contributed by atoms with E-state index >= 15 is 8.78 Å². The van der Waals surface area contributed by atoms with Crippen molar-refractivity contribution < 1.29 is 36.7 Å². The van der Waals surface area contributed by atoms with E-state index in [0.29, 0.717) is 54.8 Å². The van der Waals surface area contributed by atoms with Crippen molar-refractivity contribution in [2.45, 2.75) is 30.2 Å². The van der Waals surface area contributed by atoms with Crippen LogP contribution in [0.1, 0.15) is 28.8 Å². The van der Waals surface area contributed by atoms with Gasteiger partial charge in [-0.05, 0) is 80.0 Å². The summed E-state index contributed by atoms with van der Waals surface area (Å²) < 4.78 is 60.4. The van der Waals surface area contributed by atoms with Crippen LogP contribution in [-0.4, -0.2) is 64.6 Å². The van der Waals surface area contributed by atoms with Crippen LogP contribution in [0.5, 0.6) is 0 Å². The molecule has 1 aliphatic heterocycles. The number of sulfonamides is 1. The van der Waals surface area contributed by atoms with Crippen molar-refractivity contribution in [2.24, 2.45) is 13.0 Å². The number of aliphatic carboxylic acids is 1. The summed E-state index contributed by atoms with van der Waals surface area (Å²) in [5.41, 5.74) is -1.67. The number of benzene rings is 3. The number of aromatic nitrogens is 3. The molecule has 0 bridgehead atoms. The summed E-state index contributed by atoms with van der Waals surface area (Å²) >= 11 is 0. The lowest BCUT2D eigenvalue weighted by Crippen LogP contribution is -2.42. The molecule has 18 heteroatoms. The third-order valence-corrected chi connectivity index (χ3v) is 10.4. The number of fused-ring (bicyclic) bond motifs is 1. The predicted octanol–water partition coefficient (Wildman–Crippen LogP) is 2.53. The molecule has 0 radical (unpaired) electrons. The van der Waals surface area contributed by atoms with Crippen molar-refractivity contribution in [2.75, 3.05) is 23.1 Å². The zero-order chi connectivity index (χ0) is 38.7. The van der Waals surface area contributed by atoms with Crippen LogP contribution >= 0.6 is 0 Å². The van der Waals surface area contributed by atoms with Crippen LogP contribution in [0.15, 0.2) is 93.6 Å². The molecule has 0 spiro atoms. The van der Waals surface area contributed by atoms with E-state index in [1.165, 1.54) is 78.6 Å². The maximum atomic E-state index is 15.1. The Balaban J connectivity index is 1.12. The summed E-state index contributed by atoms with van der Waals surface area (Å²) in [5.74, 6) is -5.81. The first-order chi connectivity index (χ1) is 25.7. The van der Waals surface area contributed by atoms with Gasteiger partial charge in [0.05, 0.1) is 38.9 Å². The molecule has 5 N–H and O–H groups in total. The van der Waals surface area contributed by atoms with Gasteiger partial charge in [-0.1, -0.05) is 12.1 Å². The standard InChI is InChI=1S/C36H33F2N7O8S/c1-44-31-19-40-15-12-25(31)34(48)45(36(44)51)23-6-2-20(3-7-23)16-30(35(49)50)42-33(47)26-17-28(38)29(18-27(26)37)43-54(52,53)24-8-4-22(5-9-24)41-32(46)21-10-13-39-14-11-21/h2-9,12,15,17-19,21,30,39,43H,10-11,13-14,16H2,1H3,(H,41,46)(H,42,47)(H,49,50). The lowest BCUT2D eigenvalue weighted by atomic mass is 9.97. The molecule has 1 atom stereocenters. The Bertz CT molecular complexity index is 2500. The quantitative estimate of drug-likeness (QED) is 0.133. The van der Waals surface area contributed by atoms with Crippen LogP contribution in [0.2, 0.25) is 0 Å². The van der Waals surface area contributed by atoms with Gasteiger partial charge in [-0.3, -0.25) is 28.7 Å². The Morgan fingerprint density at radius 3 is 2.33 bits per heavy atom. The van der Waals surface area contributed by atoms with Crippen molar-refractivity contribution in [3.05, 3.63) is 123 Å². The predicted molar refractivity (Wildman–Crippen MR) is 193 cm³/mol. The van der Waals surface area contributed by atoms with Crippen molar-refractivity contribution in [3.8, 4) is 5.69 Å². The lowest BCUT2D eigenvalue weighted by Gasteiger charge is -2.21. The number of carbonyl (C=O) groups excluding carboxylic acids is 2. The second-order valence-electron chi connectivity index (χ2n) is 12.6. The summed E-state index contributed by atoms with van der Waals surface area (Å²) in [6.07, 6.45) is 3.83. The molecule has 280 valence electrons. The molecule has 1 unspecified atom stereocenters. The number of pyridine rings is 1. The van der Waals surface area contributed by atoms with E-state index < -0.39 is 62.1 Å². The van der Waals surface area contributed by atoms with Gasteiger partial charge < -0.3 is 21.1 Å². The van der Waals surface area contributed by atoms with E-state index in [0.717, 1.165) is 4.57 Å². The van der Waals surface area contributed by atoms with Crippen molar-refractivity contribution in [3.63, 3.8) is 0 Å². The van der Waals surface area contributed by atoms with Gasteiger partial charge in [-0.25, -0.2) is 31.4 Å². The van der Waals surface area contributed by atoms with Crippen molar-refractivity contribution in [1.29, 1.82) is 0 Å². The third-order valence-electron chi connectivity index (χ3n) is 9.00. The van der Waals surface area contributed by atoms with E-state index in [9.17, 15) is 37.5 Å². The van der Waals surface area contributed by atoms with Gasteiger partial charge in [-0.2, -0.15) is 0 Å². The minimum Gasteiger partial charge on any atom is -0.480 e. The maximum absolute atomic E-state index is 15.1. The fraction of sp³-hybridized carbons (Fsp3) is 0.222. The Morgan fingerprint density at radius 2 is 1.67 bits per heavy atom. The highest BCUT2D eigenvalue weighted by atomic mass is 32.2. The fourth-order valence-electron chi connectivity index (χ4n) is 6.02. The number of anilines is 2. The molecule has 1 aliphatic rings. The molecule has 15 nitrogen and oxygen atoms in total. The lowest BCUT2D eigenvalue weighted by molar-refractivity contribution is -0.139. The number of nitrogens with zero attached hydrogens (tertiary/aromatic N) is 3. The topological polar surface area (TPSA) is 211 Å². The molecule has 2 aromatic heterocycles. The number of carboxylic acids is 1. The Kier molecular flexibility index (Phi) is 10.7. The maximum Gasteiger partial charge on any atom is 0.335 e. The first kappa shape index (κ1) is 37.5. The Morgan fingerprint density at radius 1 is 0.981 bits per heavy atom.